The average Bonchev–Trinajstić information content (AvgIpc) is 3.19. The minimum Gasteiger partial charge on any atom is -0.394 e. The van der Waals surface area contributed by atoms with Crippen molar-refractivity contribution in [2.24, 2.45) is 0 Å². The van der Waals surface area contributed by atoms with Crippen molar-refractivity contribution in [1.29, 1.82) is 0 Å². The molecule has 1 aliphatic carbocycles. The number of hydrogen-bond donors (Lipinski definition) is 2. The Labute approximate surface area is 153 Å². The second-order valence-corrected chi connectivity index (χ2v) is 6.68. The molecule has 2 aromatic rings. The van der Waals surface area contributed by atoms with Gasteiger partial charge in [-0.2, -0.15) is 0 Å². The summed E-state index contributed by atoms with van der Waals surface area (Å²) in [6, 6.07) is 5.86. The maximum atomic E-state index is 12.2. The van der Waals surface area contributed by atoms with Crippen LogP contribution in [0.1, 0.15) is 44.0 Å². The zero-order valence-corrected chi connectivity index (χ0v) is 15.3. The topological polar surface area (TPSA) is 84.3 Å². The Kier molecular flexibility index (Phi) is 8.51. The number of aromatic nitrogens is 2. The van der Waals surface area contributed by atoms with Crippen molar-refractivity contribution in [2.45, 2.75) is 38.1 Å². The summed E-state index contributed by atoms with van der Waals surface area (Å²) in [4.78, 5) is 21.7. The van der Waals surface area contributed by atoms with Crippen LogP contribution in [0.15, 0.2) is 29.9 Å². The molecule has 1 saturated carbocycles. The van der Waals surface area contributed by atoms with Crippen molar-refractivity contribution < 1.29 is 16.1 Å². The van der Waals surface area contributed by atoms with Gasteiger partial charge in [0.2, 0.25) is 0 Å². The van der Waals surface area contributed by atoms with E-state index in [-0.39, 0.29) is 13.9 Å². The van der Waals surface area contributed by atoms with Gasteiger partial charge < -0.3 is 15.2 Å². The van der Waals surface area contributed by atoms with Crippen LogP contribution in [0.25, 0.3) is 10.6 Å². The number of nitrogens with zero attached hydrogens (tertiary/aromatic N) is 2. The second kappa shape index (κ2) is 10.9. The van der Waals surface area contributed by atoms with E-state index in [1.54, 1.807) is 24.9 Å². The number of nitrogens with one attached hydrogen (secondary N) is 1. The van der Waals surface area contributed by atoms with Gasteiger partial charge in [0.1, 0.15) is 5.69 Å². The first-order valence-electron chi connectivity index (χ1n) is 8.51. The Hall–Kier alpha value is -1.83. The standard InChI is InChI=1S/C15H17N3OS.C3H8O2.H2/c19-15(17-11-5-2-1-3-6-11)13-8-4-7-12(18-13)14-9-16-10-20-14;1-5-3-2-4;/h4,7-11H,1-3,5-6H2,(H,17,19);4H,2-3H2,1H3;1H. The van der Waals surface area contributed by atoms with Crippen molar-refractivity contribution in [1.82, 2.24) is 15.3 Å². The van der Waals surface area contributed by atoms with Crippen LogP contribution in [0.5, 0.6) is 0 Å². The molecule has 1 amide bonds. The van der Waals surface area contributed by atoms with Gasteiger partial charge in [-0.1, -0.05) is 25.3 Å². The predicted octanol–water partition coefficient (Wildman–Crippen LogP) is 3.14. The third kappa shape index (κ3) is 6.53. The number of hydrogen-bond acceptors (Lipinski definition) is 6. The van der Waals surface area contributed by atoms with Gasteiger partial charge in [-0.05, 0) is 25.0 Å². The van der Waals surface area contributed by atoms with Crippen molar-refractivity contribution in [2.75, 3.05) is 20.3 Å². The molecule has 0 unspecified atom stereocenters. The third-order valence-electron chi connectivity index (χ3n) is 3.90. The molecule has 1 aliphatic rings. The number of carbonyl (C=O) groups is 1. The molecule has 0 bridgehead atoms. The summed E-state index contributed by atoms with van der Waals surface area (Å²) in [5, 5.41) is 11.0. The molecule has 0 aliphatic heterocycles. The highest BCUT2D eigenvalue weighted by atomic mass is 32.1. The quantitative estimate of drug-likeness (QED) is 0.850. The van der Waals surface area contributed by atoms with Crippen molar-refractivity contribution >= 4 is 17.2 Å². The van der Waals surface area contributed by atoms with Gasteiger partial charge >= 0.3 is 0 Å². The van der Waals surface area contributed by atoms with Crippen LogP contribution in [-0.2, 0) is 4.74 Å². The first kappa shape index (κ1) is 19.5. The van der Waals surface area contributed by atoms with E-state index in [4.69, 9.17) is 5.11 Å². The zero-order valence-electron chi connectivity index (χ0n) is 14.5. The number of aliphatic hydroxyl groups excluding tert-OH is 1. The van der Waals surface area contributed by atoms with Crippen LogP contribution >= 0.6 is 11.3 Å². The smallest absolute Gasteiger partial charge is 0.270 e. The van der Waals surface area contributed by atoms with Crippen LogP contribution in [-0.4, -0.2) is 47.3 Å². The average molecular weight is 365 g/mol. The lowest BCUT2D eigenvalue weighted by Gasteiger charge is -2.22. The van der Waals surface area contributed by atoms with Gasteiger partial charge in [0.25, 0.3) is 5.91 Å². The number of pyridine rings is 1. The summed E-state index contributed by atoms with van der Waals surface area (Å²) >= 11 is 1.53. The van der Waals surface area contributed by atoms with Crippen LogP contribution in [0.4, 0.5) is 0 Å². The van der Waals surface area contributed by atoms with E-state index >= 15 is 0 Å². The minimum atomic E-state index is -0.0664. The number of amides is 1. The van der Waals surface area contributed by atoms with E-state index < -0.39 is 0 Å². The van der Waals surface area contributed by atoms with Gasteiger partial charge in [-0.15, -0.1) is 11.3 Å². The van der Waals surface area contributed by atoms with Crippen molar-refractivity contribution in [3.63, 3.8) is 0 Å². The summed E-state index contributed by atoms with van der Waals surface area (Å²) in [6.45, 7) is 0.566. The van der Waals surface area contributed by atoms with E-state index in [9.17, 15) is 4.79 Å². The van der Waals surface area contributed by atoms with Gasteiger partial charge in [-0.3, -0.25) is 9.78 Å². The van der Waals surface area contributed by atoms with E-state index in [1.807, 2.05) is 12.1 Å². The first-order chi connectivity index (χ1) is 12.2. The van der Waals surface area contributed by atoms with Crippen molar-refractivity contribution in [3.8, 4) is 10.6 Å². The molecule has 0 spiro atoms. The fourth-order valence-electron chi connectivity index (χ4n) is 2.64. The predicted molar refractivity (Wildman–Crippen MR) is 101 cm³/mol. The third-order valence-corrected chi connectivity index (χ3v) is 4.70. The molecule has 7 heteroatoms. The Morgan fingerprint density at radius 1 is 1.40 bits per heavy atom. The summed E-state index contributed by atoms with van der Waals surface area (Å²) in [6.07, 6.45) is 7.64. The van der Waals surface area contributed by atoms with Gasteiger partial charge in [0.05, 0.1) is 29.3 Å². The number of methoxy groups -OCH3 is 1. The van der Waals surface area contributed by atoms with Crippen LogP contribution in [0.3, 0.4) is 0 Å². The van der Waals surface area contributed by atoms with E-state index in [1.165, 1.54) is 30.6 Å². The molecule has 1 fully saturated rings. The first-order valence-corrected chi connectivity index (χ1v) is 9.39. The molecule has 0 aromatic carbocycles. The highest BCUT2D eigenvalue weighted by Crippen LogP contribution is 2.21. The Morgan fingerprint density at radius 3 is 2.80 bits per heavy atom. The number of aliphatic hydroxyl groups is 1. The summed E-state index contributed by atoms with van der Waals surface area (Å²) in [5.74, 6) is -0.0664. The second-order valence-electron chi connectivity index (χ2n) is 5.80. The number of carbonyl (C=O) groups excluding carboxylic acids is 1. The summed E-state index contributed by atoms with van der Waals surface area (Å²) < 4.78 is 4.44. The SMILES string of the molecule is COCCO.O=C(NC1CCCCC1)c1cccc(-c2cncs2)n1.[HH]. The summed E-state index contributed by atoms with van der Waals surface area (Å²) in [7, 11) is 1.55. The molecular formula is C18H27N3O3S. The monoisotopic (exact) mass is 365 g/mol. The molecule has 2 aromatic heterocycles. The maximum Gasteiger partial charge on any atom is 0.270 e. The van der Waals surface area contributed by atoms with E-state index in [0.717, 1.165) is 23.4 Å². The highest BCUT2D eigenvalue weighted by molar-refractivity contribution is 7.13. The molecule has 138 valence electrons. The number of ether oxygens (including phenoxy) is 1. The Balaban J connectivity index is 0.000000501. The lowest BCUT2D eigenvalue weighted by atomic mass is 9.95. The van der Waals surface area contributed by atoms with E-state index in [2.05, 4.69) is 20.0 Å². The number of thiazole rings is 1. The molecule has 3 rings (SSSR count). The lowest BCUT2D eigenvalue weighted by molar-refractivity contribution is 0.0923. The minimum absolute atomic E-state index is 0. The fourth-order valence-corrected chi connectivity index (χ4v) is 3.23. The molecular weight excluding hydrogens is 338 g/mol. The molecule has 0 saturated heterocycles. The fraction of sp³-hybridized carbons (Fsp3) is 0.500. The molecule has 0 radical (unpaired) electrons. The molecule has 25 heavy (non-hydrogen) atoms. The van der Waals surface area contributed by atoms with Crippen LogP contribution in [0, 0.1) is 0 Å². The Bertz CT molecular complexity index is 632. The van der Waals surface area contributed by atoms with Crippen molar-refractivity contribution in [3.05, 3.63) is 35.6 Å². The summed E-state index contributed by atoms with van der Waals surface area (Å²) in [5.41, 5.74) is 3.07. The molecule has 0 atom stereocenters. The molecule has 6 nitrogen and oxygen atoms in total. The lowest BCUT2D eigenvalue weighted by Crippen LogP contribution is -2.36. The van der Waals surface area contributed by atoms with E-state index in [0.29, 0.717) is 18.3 Å². The normalized spacial score (nSPS) is 14.5. The van der Waals surface area contributed by atoms with Crippen LogP contribution < -0.4 is 5.32 Å². The Morgan fingerprint density at radius 2 is 2.20 bits per heavy atom. The van der Waals surface area contributed by atoms with Crippen LogP contribution in [0.2, 0.25) is 0 Å². The maximum absolute atomic E-state index is 12.2. The molecule has 2 N–H and O–H groups in total. The molecule has 2 heterocycles. The van der Waals surface area contributed by atoms with Gasteiger partial charge in [-0.25, -0.2) is 4.98 Å². The number of rotatable bonds is 5. The highest BCUT2D eigenvalue weighted by Gasteiger charge is 2.17. The van der Waals surface area contributed by atoms with Gasteiger partial charge in [0, 0.05) is 20.8 Å². The van der Waals surface area contributed by atoms with Gasteiger partial charge in [0.15, 0.2) is 0 Å². The largest absolute Gasteiger partial charge is 0.394 e. The zero-order chi connectivity index (χ0) is 17.9.